The molecular formula is C21H15ClN2O2S. The lowest BCUT2D eigenvalue weighted by Crippen LogP contribution is -2.20. The van der Waals surface area contributed by atoms with E-state index in [1.165, 1.54) is 0 Å². The third-order valence-electron chi connectivity index (χ3n) is 3.89. The number of fused-ring (bicyclic) bond motifs is 1. The molecule has 6 heteroatoms. The van der Waals surface area contributed by atoms with Crippen LogP contribution in [0.4, 0.5) is 5.69 Å². The Kier molecular flexibility index (Phi) is 5.05. The highest BCUT2D eigenvalue weighted by Gasteiger charge is 2.07. The number of thiazole rings is 1. The van der Waals surface area contributed by atoms with Gasteiger partial charge in [0.1, 0.15) is 10.8 Å². The maximum atomic E-state index is 12.0. The van der Waals surface area contributed by atoms with E-state index < -0.39 is 0 Å². The monoisotopic (exact) mass is 394 g/mol. The Morgan fingerprint density at radius 2 is 1.74 bits per heavy atom. The molecule has 0 fully saturated rings. The van der Waals surface area contributed by atoms with Gasteiger partial charge in [-0.1, -0.05) is 23.7 Å². The van der Waals surface area contributed by atoms with E-state index in [1.54, 1.807) is 35.6 Å². The van der Waals surface area contributed by atoms with Crippen LogP contribution in [-0.2, 0) is 4.79 Å². The zero-order valence-corrected chi connectivity index (χ0v) is 15.8. The Morgan fingerprint density at radius 1 is 1.00 bits per heavy atom. The van der Waals surface area contributed by atoms with Crippen molar-refractivity contribution in [1.29, 1.82) is 0 Å². The number of aromatic nitrogens is 1. The molecule has 0 unspecified atom stereocenters. The molecule has 3 aromatic carbocycles. The number of hydrogen-bond acceptors (Lipinski definition) is 4. The fraction of sp³-hybridized carbons (Fsp3) is 0.0476. The van der Waals surface area contributed by atoms with E-state index in [-0.39, 0.29) is 12.5 Å². The second-order valence-electron chi connectivity index (χ2n) is 5.85. The highest BCUT2D eigenvalue weighted by atomic mass is 35.5. The van der Waals surface area contributed by atoms with Crippen molar-refractivity contribution < 1.29 is 9.53 Å². The molecule has 0 aliphatic heterocycles. The maximum absolute atomic E-state index is 12.0. The van der Waals surface area contributed by atoms with Crippen LogP contribution in [0.15, 0.2) is 72.8 Å². The SMILES string of the molecule is O=C(COc1ccc(-c2nc3ccccc3s2)cc1)Nc1ccc(Cl)cc1. The number of carbonyl (C=O) groups is 1. The fourth-order valence-corrected chi connectivity index (χ4v) is 3.67. The van der Waals surface area contributed by atoms with Gasteiger partial charge in [-0.3, -0.25) is 4.79 Å². The summed E-state index contributed by atoms with van der Waals surface area (Å²) in [6.07, 6.45) is 0. The highest BCUT2D eigenvalue weighted by molar-refractivity contribution is 7.21. The number of nitrogens with one attached hydrogen (secondary N) is 1. The van der Waals surface area contributed by atoms with Crippen molar-refractivity contribution >= 4 is 44.7 Å². The number of benzene rings is 3. The lowest BCUT2D eigenvalue weighted by molar-refractivity contribution is -0.118. The van der Waals surface area contributed by atoms with Gasteiger partial charge in [-0.25, -0.2) is 4.98 Å². The summed E-state index contributed by atoms with van der Waals surface area (Å²) in [5, 5.41) is 4.34. The number of ether oxygens (including phenoxy) is 1. The van der Waals surface area contributed by atoms with Gasteiger partial charge in [0.2, 0.25) is 0 Å². The molecule has 4 rings (SSSR count). The molecule has 0 aliphatic rings. The van der Waals surface area contributed by atoms with Gasteiger partial charge in [0.05, 0.1) is 10.2 Å². The minimum absolute atomic E-state index is 0.0664. The Morgan fingerprint density at radius 3 is 2.48 bits per heavy atom. The van der Waals surface area contributed by atoms with Crippen LogP contribution >= 0.6 is 22.9 Å². The predicted octanol–water partition coefficient (Wildman–Crippen LogP) is 5.63. The number of rotatable bonds is 5. The average molecular weight is 395 g/mol. The van der Waals surface area contributed by atoms with E-state index in [1.807, 2.05) is 42.5 Å². The second-order valence-corrected chi connectivity index (χ2v) is 7.32. The first-order valence-corrected chi connectivity index (χ1v) is 9.51. The minimum Gasteiger partial charge on any atom is -0.484 e. The molecule has 0 bridgehead atoms. The number of carbonyl (C=O) groups excluding carboxylic acids is 1. The van der Waals surface area contributed by atoms with Crippen LogP contribution in [0, 0.1) is 0 Å². The molecule has 4 nitrogen and oxygen atoms in total. The topological polar surface area (TPSA) is 51.2 Å². The molecule has 0 atom stereocenters. The molecule has 0 spiro atoms. The molecule has 27 heavy (non-hydrogen) atoms. The van der Waals surface area contributed by atoms with Gasteiger partial charge in [0, 0.05) is 16.3 Å². The standard InChI is InChI=1S/C21H15ClN2O2S/c22-15-7-9-16(10-8-15)23-20(25)13-26-17-11-5-14(6-12-17)21-24-18-3-1-2-4-19(18)27-21/h1-12H,13H2,(H,23,25). The molecule has 134 valence electrons. The Labute approximate surface area is 165 Å². The van der Waals surface area contributed by atoms with Crippen LogP contribution < -0.4 is 10.1 Å². The van der Waals surface area contributed by atoms with E-state index in [0.717, 1.165) is 20.8 Å². The number of nitrogens with zero attached hydrogens (tertiary/aromatic N) is 1. The summed E-state index contributed by atoms with van der Waals surface area (Å²) in [5.41, 5.74) is 2.70. The average Bonchev–Trinajstić information content (AvgIpc) is 3.13. The van der Waals surface area contributed by atoms with Gasteiger partial charge < -0.3 is 10.1 Å². The quantitative estimate of drug-likeness (QED) is 0.477. The van der Waals surface area contributed by atoms with E-state index in [0.29, 0.717) is 16.5 Å². The van der Waals surface area contributed by atoms with Gasteiger partial charge in [-0.05, 0) is 60.7 Å². The molecule has 1 aromatic heterocycles. The van der Waals surface area contributed by atoms with Gasteiger partial charge in [-0.2, -0.15) is 0 Å². The van der Waals surface area contributed by atoms with E-state index in [2.05, 4.69) is 16.4 Å². The van der Waals surface area contributed by atoms with Crippen molar-refractivity contribution in [2.75, 3.05) is 11.9 Å². The van der Waals surface area contributed by atoms with Crippen LogP contribution in [0.3, 0.4) is 0 Å². The van der Waals surface area contributed by atoms with Crippen molar-refractivity contribution in [3.63, 3.8) is 0 Å². The molecular weight excluding hydrogens is 380 g/mol. The smallest absolute Gasteiger partial charge is 0.262 e. The number of para-hydroxylation sites is 1. The summed E-state index contributed by atoms with van der Waals surface area (Å²) in [7, 11) is 0. The lowest BCUT2D eigenvalue weighted by Gasteiger charge is -2.08. The van der Waals surface area contributed by atoms with Gasteiger partial charge in [0.15, 0.2) is 6.61 Å². The maximum Gasteiger partial charge on any atom is 0.262 e. The summed E-state index contributed by atoms with van der Waals surface area (Å²) in [4.78, 5) is 16.6. The third-order valence-corrected chi connectivity index (χ3v) is 5.23. The minimum atomic E-state index is -0.229. The lowest BCUT2D eigenvalue weighted by atomic mass is 10.2. The summed E-state index contributed by atoms with van der Waals surface area (Å²) < 4.78 is 6.72. The van der Waals surface area contributed by atoms with Crippen LogP contribution in [0.5, 0.6) is 5.75 Å². The fourth-order valence-electron chi connectivity index (χ4n) is 2.57. The van der Waals surface area contributed by atoms with E-state index >= 15 is 0 Å². The molecule has 1 N–H and O–H groups in total. The molecule has 4 aromatic rings. The van der Waals surface area contributed by atoms with Crippen molar-refractivity contribution in [2.45, 2.75) is 0 Å². The molecule has 0 saturated carbocycles. The second kappa shape index (κ2) is 7.78. The zero-order chi connectivity index (χ0) is 18.6. The van der Waals surface area contributed by atoms with Gasteiger partial charge in [-0.15, -0.1) is 11.3 Å². The van der Waals surface area contributed by atoms with Crippen molar-refractivity contribution in [2.24, 2.45) is 0 Å². The zero-order valence-electron chi connectivity index (χ0n) is 14.2. The number of anilines is 1. The normalized spacial score (nSPS) is 10.7. The predicted molar refractivity (Wildman–Crippen MR) is 111 cm³/mol. The molecule has 1 heterocycles. The van der Waals surface area contributed by atoms with Gasteiger partial charge in [0.25, 0.3) is 5.91 Å². The summed E-state index contributed by atoms with van der Waals surface area (Å²) in [6, 6.07) is 22.6. The van der Waals surface area contributed by atoms with E-state index in [9.17, 15) is 4.79 Å². The summed E-state index contributed by atoms with van der Waals surface area (Å²) >= 11 is 7.48. The first kappa shape index (κ1) is 17.5. The number of halogens is 1. The number of hydrogen-bond donors (Lipinski definition) is 1. The molecule has 0 saturated heterocycles. The Hall–Kier alpha value is -2.89. The summed E-state index contributed by atoms with van der Waals surface area (Å²) in [5.74, 6) is 0.402. The van der Waals surface area contributed by atoms with E-state index in [4.69, 9.17) is 16.3 Å². The molecule has 1 amide bonds. The Balaban J connectivity index is 1.37. The molecule has 0 radical (unpaired) electrons. The largest absolute Gasteiger partial charge is 0.484 e. The van der Waals surface area contributed by atoms with Crippen LogP contribution in [0.1, 0.15) is 0 Å². The first-order chi connectivity index (χ1) is 13.2. The summed E-state index contributed by atoms with van der Waals surface area (Å²) in [6.45, 7) is -0.0664. The van der Waals surface area contributed by atoms with Gasteiger partial charge >= 0.3 is 0 Å². The third kappa shape index (κ3) is 4.27. The van der Waals surface area contributed by atoms with Crippen molar-refractivity contribution in [1.82, 2.24) is 4.98 Å². The van der Waals surface area contributed by atoms with Crippen molar-refractivity contribution in [3.8, 4) is 16.3 Å². The van der Waals surface area contributed by atoms with Crippen LogP contribution in [0.25, 0.3) is 20.8 Å². The van der Waals surface area contributed by atoms with Crippen molar-refractivity contribution in [3.05, 3.63) is 77.8 Å². The molecule has 0 aliphatic carbocycles. The van der Waals surface area contributed by atoms with Crippen LogP contribution in [0.2, 0.25) is 5.02 Å². The van der Waals surface area contributed by atoms with Crippen LogP contribution in [-0.4, -0.2) is 17.5 Å². The first-order valence-electron chi connectivity index (χ1n) is 8.32. The highest BCUT2D eigenvalue weighted by Crippen LogP contribution is 2.30. The Bertz CT molecular complexity index is 1040. The number of amides is 1.